The van der Waals surface area contributed by atoms with Crippen molar-refractivity contribution in [3.63, 3.8) is 0 Å². The molecule has 0 aliphatic carbocycles. The average Bonchev–Trinajstić information content (AvgIpc) is 3.05. The number of hydrogen-bond acceptors (Lipinski definition) is 4. The number of halogens is 3. The molecule has 1 aliphatic rings. The maximum atomic E-state index is 12.4. The number of carbonyl (C=O) groups excluding carboxylic acids is 1. The first-order chi connectivity index (χ1) is 11.3. The van der Waals surface area contributed by atoms with Crippen LogP contribution in [0.1, 0.15) is 35.2 Å². The summed E-state index contributed by atoms with van der Waals surface area (Å²) in [6.45, 7) is 0.682. The van der Waals surface area contributed by atoms with Gasteiger partial charge in [-0.25, -0.2) is 0 Å². The normalized spacial score (nSPS) is 18.4. The van der Waals surface area contributed by atoms with Crippen LogP contribution in [0.25, 0.3) is 0 Å². The Morgan fingerprint density at radius 2 is 2.17 bits per heavy atom. The van der Waals surface area contributed by atoms with Gasteiger partial charge in [-0.15, -0.1) is 0 Å². The molecule has 1 fully saturated rings. The molecule has 2 aromatic rings. The number of carbonyl (C=O) groups is 1. The number of alkyl halides is 3. The Labute approximate surface area is 136 Å². The van der Waals surface area contributed by atoms with Crippen LogP contribution in [0.3, 0.4) is 0 Å². The standard InChI is InChI=1S/C16H16F3N3O2/c1-10-3-2-4-11(5-10)6-13-20-15(24-21-13)12-7-14(23)22(8-12)9-16(17,18)19/h2-5,12H,6-9H2,1H3. The van der Waals surface area contributed by atoms with Crippen LogP contribution in [-0.4, -0.2) is 40.2 Å². The second kappa shape index (κ2) is 6.26. The van der Waals surface area contributed by atoms with Crippen molar-refractivity contribution >= 4 is 5.91 Å². The predicted octanol–water partition coefficient (Wildman–Crippen LogP) is 2.85. The van der Waals surface area contributed by atoms with Gasteiger partial charge in [0.15, 0.2) is 5.82 Å². The Balaban J connectivity index is 1.67. The van der Waals surface area contributed by atoms with Gasteiger partial charge in [0.25, 0.3) is 0 Å². The fourth-order valence-electron chi connectivity index (χ4n) is 2.82. The minimum atomic E-state index is -4.41. The van der Waals surface area contributed by atoms with E-state index in [2.05, 4.69) is 10.1 Å². The van der Waals surface area contributed by atoms with Gasteiger partial charge < -0.3 is 9.42 Å². The van der Waals surface area contributed by atoms with Crippen molar-refractivity contribution in [2.45, 2.75) is 31.9 Å². The predicted molar refractivity (Wildman–Crippen MR) is 78.3 cm³/mol. The van der Waals surface area contributed by atoms with E-state index in [4.69, 9.17) is 4.52 Å². The maximum absolute atomic E-state index is 12.4. The number of benzene rings is 1. The smallest absolute Gasteiger partial charge is 0.339 e. The Hall–Kier alpha value is -2.38. The van der Waals surface area contributed by atoms with E-state index in [0.29, 0.717) is 12.2 Å². The number of amides is 1. The van der Waals surface area contributed by atoms with Gasteiger partial charge in [0.05, 0.1) is 5.92 Å². The van der Waals surface area contributed by atoms with Crippen LogP contribution in [0.15, 0.2) is 28.8 Å². The Morgan fingerprint density at radius 1 is 1.38 bits per heavy atom. The van der Waals surface area contributed by atoms with Crippen LogP contribution in [0.2, 0.25) is 0 Å². The molecule has 1 amide bonds. The molecule has 0 radical (unpaired) electrons. The summed E-state index contributed by atoms with van der Waals surface area (Å²) in [5.74, 6) is -0.359. The van der Waals surface area contributed by atoms with E-state index in [0.717, 1.165) is 16.0 Å². The fourth-order valence-corrected chi connectivity index (χ4v) is 2.82. The zero-order valence-corrected chi connectivity index (χ0v) is 13.0. The van der Waals surface area contributed by atoms with Crippen molar-refractivity contribution in [1.29, 1.82) is 0 Å². The Bertz CT molecular complexity index is 742. The van der Waals surface area contributed by atoms with Crippen LogP contribution < -0.4 is 0 Å². The summed E-state index contributed by atoms with van der Waals surface area (Å²) in [5.41, 5.74) is 2.13. The van der Waals surface area contributed by atoms with Crippen LogP contribution >= 0.6 is 0 Å². The molecule has 0 bridgehead atoms. The zero-order valence-electron chi connectivity index (χ0n) is 13.0. The molecule has 5 nitrogen and oxygen atoms in total. The highest BCUT2D eigenvalue weighted by atomic mass is 19.4. The van der Waals surface area contributed by atoms with Gasteiger partial charge in [0.1, 0.15) is 6.54 Å². The summed E-state index contributed by atoms with van der Waals surface area (Å²) in [7, 11) is 0. The molecular formula is C16H16F3N3O2. The zero-order chi connectivity index (χ0) is 17.3. The number of aromatic nitrogens is 2. The molecule has 24 heavy (non-hydrogen) atoms. The van der Waals surface area contributed by atoms with Crippen LogP contribution in [0.4, 0.5) is 13.2 Å². The Morgan fingerprint density at radius 3 is 2.88 bits per heavy atom. The molecule has 0 spiro atoms. The molecule has 1 saturated heterocycles. The highest BCUT2D eigenvalue weighted by Crippen LogP contribution is 2.29. The van der Waals surface area contributed by atoms with Crippen molar-refractivity contribution in [3.8, 4) is 0 Å². The molecule has 3 rings (SSSR count). The molecule has 1 aliphatic heterocycles. The summed E-state index contributed by atoms with van der Waals surface area (Å²) in [6, 6.07) is 7.84. The molecule has 0 saturated carbocycles. The van der Waals surface area contributed by atoms with Crippen LogP contribution in [0.5, 0.6) is 0 Å². The van der Waals surface area contributed by atoms with Crippen LogP contribution in [0, 0.1) is 6.92 Å². The Kier molecular flexibility index (Phi) is 4.29. The van der Waals surface area contributed by atoms with Crippen molar-refractivity contribution < 1.29 is 22.5 Å². The lowest BCUT2D eigenvalue weighted by molar-refractivity contribution is -0.157. The largest absolute Gasteiger partial charge is 0.406 e. The molecule has 1 atom stereocenters. The van der Waals surface area contributed by atoms with Gasteiger partial charge >= 0.3 is 6.18 Å². The summed E-state index contributed by atoms with van der Waals surface area (Å²) in [6.07, 6.45) is -3.98. The molecule has 8 heteroatoms. The number of aryl methyl sites for hydroxylation is 1. The second-order valence-electron chi connectivity index (χ2n) is 6.01. The van der Waals surface area contributed by atoms with Gasteiger partial charge in [-0.05, 0) is 12.5 Å². The highest BCUT2D eigenvalue weighted by Gasteiger charge is 2.40. The van der Waals surface area contributed by atoms with Gasteiger partial charge in [-0.1, -0.05) is 35.0 Å². The number of likely N-dealkylation sites (tertiary alicyclic amines) is 1. The second-order valence-corrected chi connectivity index (χ2v) is 6.01. The van der Waals surface area contributed by atoms with E-state index >= 15 is 0 Å². The highest BCUT2D eigenvalue weighted by molar-refractivity contribution is 5.79. The molecule has 1 unspecified atom stereocenters. The summed E-state index contributed by atoms with van der Waals surface area (Å²) in [4.78, 5) is 16.7. The molecule has 1 aromatic carbocycles. The summed E-state index contributed by atoms with van der Waals surface area (Å²) >= 11 is 0. The average molecular weight is 339 g/mol. The van der Waals surface area contributed by atoms with E-state index in [9.17, 15) is 18.0 Å². The molecule has 2 heterocycles. The number of rotatable bonds is 4. The summed E-state index contributed by atoms with van der Waals surface area (Å²) < 4.78 is 42.5. The summed E-state index contributed by atoms with van der Waals surface area (Å²) in [5, 5.41) is 3.87. The third-order valence-electron chi connectivity index (χ3n) is 3.86. The van der Waals surface area contributed by atoms with E-state index in [-0.39, 0.29) is 18.9 Å². The lowest BCUT2D eigenvalue weighted by Gasteiger charge is -2.17. The molecule has 128 valence electrons. The van der Waals surface area contributed by atoms with Gasteiger partial charge in [0.2, 0.25) is 11.8 Å². The quantitative estimate of drug-likeness (QED) is 0.859. The van der Waals surface area contributed by atoms with Crippen molar-refractivity contribution in [1.82, 2.24) is 15.0 Å². The third-order valence-corrected chi connectivity index (χ3v) is 3.86. The first kappa shape index (κ1) is 16.5. The minimum Gasteiger partial charge on any atom is -0.339 e. The minimum absolute atomic E-state index is 0.0395. The first-order valence-electron chi connectivity index (χ1n) is 7.53. The first-order valence-corrected chi connectivity index (χ1v) is 7.53. The van der Waals surface area contributed by atoms with E-state index in [1.807, 2.05) is 31.2 Å². The van der Waals surface area contributed by atoms with E-state index in [1.165, 1.54) is 0 Å². The van der Waals surface area contributed by atoms with Crippen LogP contribution in [-0.2, 0) is 11.2 Å². The lowest BCUT2D eigenvalue weighted by Crippen LogP contribution is -2.35. The van der Waals surface area contributed by atoms with E-state index in [1.54, 1.807) is 0 Å². The van der Waals surface area contributed by atoms with Crippen molar-refractivity contribution in [2.24, 2.45) is 0 Å². The number of hydrogen-bond donors (Lipinski definition) is 0. The molecular weight excluding hydrogens is 323 g/mol. The third kappa shape index (κ3) is 3.93. The van der Waals surface area contributed by atoms with E-state index < -0.39 is 24.5 Å². The molecule has 0 N–H and O–H groups in total. The SMILES string of the molecule is Cc1cccc(Cc2noc(C3CC(=O)N(CC(F)(F)F)C3)n2)c1. The van der Waals surface area contributed by atoms with Gasteiger partial charge in [-0.2, -0.15) is 18.2 Å². The number of nitrogens with zero attached hydrogens (tertiary/aromatic N) is 3. The topological polar surface area (TPSA) is 59.2 Å². The maximum Gasteiger partial charge on any atom is 0.406 e. The molecule has 1 aromatic heterocycles. The fraction of sp³-hybridized carbons (Fsp3) is 0.438. The monoisotopic (exact) mass is 339 g/mol. The van der Waals surface area contributed by atoms with Crippen molar-refractivity contribution in [3.05, 3.63) is 47.1 Å². The van der Waals surface area contributed by atoms with Crippen molar-refractivity contribution in [2.75, 3.05) is 13.1 Å². The lowest BCUT2D eigenvalue weighted by atomic mass is 10.1. The van der Waals surface area contributed by atoms with Gasteiger partial charge in [0, 0.05) is 19.4 Å². The van der Waals surface area contributed by atoms with Gasteiger partial charge in [-0.3, -0.25) is 4.79 Å².